The standard InChI is InChI=1S/C21H30N2O3S/c1-16(2)14-18-19(21(18,3)4)20(24)22-10-12-23(13-11-22)27(25,26)15-17-8-6-5-7-9-17/h5-9,14,18-19H,10-13,15H2,1-4H3/t18-,19+/m0/s1. The van der Waals surface area contributed by atoms with Crippen molar-refractivity contribution in [2.24, 2.45) is 17.3 Å². The van der Waals surface area contributed by atoms with Crippen LogP contribution in [0.25, 0.3) is 0 Å². The Morgan fingerprint density at radius 3 is 2.26 bits per heavy atom. The van der Waals surface area contributed by atoms with Crippen molar-refractivity contribution in [2.45, 2.75) is 33.4 Å². The number of carbonyl (C=O) groups is 1. The Morgan fingerprint density at radius 1 is 1.11 bits per heavy atom. The molecule has 148 valence electrons. The number of hydrogen-bond donors (Lipinski definition) is 0. The van der Waals surface area contributed by atoms with E-state index in [1.165, 1.54) is 9.88 Å². The summed E-state index contributed by atoms with van der Waals surface area (Å²) in [7, 11) is -3.35. The van der Waals surface area contributed by atoms with E-state index < -0.39 is 10.0 Å². The van der Waals surface area contributed by atoms with Crippen molar-refractivity contribution >= 4 is 15.9 Å². The van der Waals surface area contributed by atoms with Gasteiger partial charge in [-0.15, -0.1) is 0 Å². The fraction of sp³-hybridized carbons (Fsp3) is 0.571. The second-order valence-corrected chi connectivity index (χ2v) is 10.5. The molecule has 0 aromatic heterocycles. The Kier molecular flexibility index (Phi) is 5.50. The summed E-state index contributed by atoms with van der Waals surface area (Å²) >= 11 is 0. The summed E-state index contributed by atoms with van der Waals surface area (Å²) in [5.41, 5.74) is 2.02. The van der Waals surface area contributed by atoms with E-state index in [2.05, 4.69) is 33.8 Å². The monoisotopic (exact) mass is 390 g/mol. The number of carbonyl (C=O) groups excluding carboxylic acids is 1. The molecule has 0 N–H and O–H groups in total. The van der Waals surface area contributed by atoms with Crippen LogP contribution in [0.3, 0.4) is 0 Å². The highest BCUT2D eigenvalue weighted by atomic mass is 32.2. The Bertz CT molecular complexity index is 818. The quantitative estimate of drug-likeness (QED) is 0.727. The fourth-order valence-corrected chi connectivity index (χ4v) is 5.59. The predicted molar refractivity (Wildman–Crippen MR) is 107 cm³/mol. The van der Waals surface area contributed by atoms with Crippen molar-refractivity contribution in [3.05, 3.63) is 47.5 Å². The number of rotatable bonds is 5. The normalized spacial score (nSPS) is 25.1. The molecule has 27 heavy (non-hydrogen) atoms. The van der Waals surface area contributed by atoms with Crippen LogP contribution >= 0.6 is 0 Å². The number of benzene rings is 1. The van der Waals surface area contributed by atoms with E-state index >= 15 is 0 Å². The summed E-state index contributed by atoms with van der Waals surface area (Å²) in [5.74, 6) is 0.484. The maximum absolute atomic E-state index is 12.9. The van der Waals surface area contributed by atoms with E-state index in [9.17, 15) is 13.2 Å². The molecule has 1 aromatic carbocycles. The maximum Gasteiger partial charge on any atom is 0.226 e. The number of amides is 1. The molecular weight excluding hydrogens is 360 g/mol. The van der Waals surface area contributed by atoms with Crippen molar-refractivity contribution in [1.29, 1.82) is 0 Å². The van der Waals surface area contributed by atoms with Crippen LogP contribution in [0.4, 0.5) is 0 Å². The Morgan fingerprint density at radius 2 is 1.70 bits per heavy atom. The van der Waals surface area contributed by atoms with Gasteiger partial charge in [-0.05, 0) is 30.7 Å². The van der Waals surface area contributed by atoms with Gasteiger partial charge in [0.1, 0.15) is 0 Å². The number of nitrogens with zero attached hydrogens (tertiary/aromatic N) is 2. The minimum absolute atomic E-state index is 0.00905. The molecule has 1 aliphatic heterocycles. The lowest BCUT2D eigenvalue weighted by atomic mass is 10.1. The third kappa shape index (κ3) is 4.27. The zero-order valence-electron chi connectivity index (χ0n) is 16.7. The van der Waals surface area contributed by atoms with Crippen molar-refractivity contribution in [1.82, 2.24) is 9.21 Å². The number of allylic oxidation sites excluding steroid dienone is 2. The smallest absolute Gasteiger partial charge is 0.226 e. The van der Waals surface area contributed by atoms with E-state index in [0.29, 0.717) is 26.2 Å². The minimum atomic E-state index is -3.35. The van der Waals surface area contributed by atoms with E-state index in [0.717, 1.165) is 5.56 Å². The molecule has 1 saturated carbocycles. The summed E-state index contributed by atoms with van der Waals surface area (Å²) < 4.78 is 26.9. The van der Waals surface area contributed by atoms with Gasteiger partial charge in [0.25, 0.3) is 0 Å². The number of sulfonamides is 1. The molecule has 2 fully saturated rings. The molecule has 1 aromatic rings. The van der Waals surface area contributed by atoms with Gasteiger partial charge >= 0.3 is 0 Å². The highest BCUT2D eigenvalue weighted by molar-refractivity contribution is 7.88. The molecular formula is C21H30N2O3S. The number of piperazine rings is 1. The van der Waals surface area contributed by atoms with Gasteiger partial charge in [-0.3, -0.25) is 4.79 Å². The summed E-state index contributed by atoms with van der Waals surface area (Å²) in [6.07, 6.45) is 2.20. The Labute approximate surface area is 163 Å². The minimum Gasteiger partial charge on any atom is -0.340 e. The average molecular weight is 391 g/mol. The van der Waals surface area contributed by atoms with Gasteiger partial charge in [-0.1, -0.05) is 55.8 Å². The predicted octanol–water partition coefficient (Wildman–Crippen LogP) is 2.90. The van der Waals surface area contributed by atoms with Crippen LogP contribution in [-0.2, 0) is 20.6 Å². The lowest BCUT2D eigenvalue weighted by Crippen LogP contribution is -2.51. The van der Waals surface area contributed by atoms with Gasteiger partial charge in [0.15, 0.2) is 0 Å². The summed E-state index contributed by atoms with van der Waals surface area (Å²) in [6, 6.07) is 9.23. The van der Waals surface area contributed by atoms with E-state index in [-0.39, 0.29) is 28.9 Å². The molecule has 3 rings (SSSR count). The molecule has 0 spiro atoms. The molecule has 0 radical (unpaired) electrons. The van der Waals surface area contributed by atoms with Gasteiger partial charge in [-0.2, -0.15) is 4.31 Å². The topological polar surface area (TPSA) is 57.7 Å². The van der Waals surface area contributed by atoms with Gasteiger partial charge in [0.05, 0.1) is 11.7 Å². The van der Waals surface area contributed by atoms with E-state index in [1.807, 2.05) is 35.2 Å². The zero-order valence-corrected chi connectivity index (χ0v) is 17.5. The van der Waals surface area contributed by atoms with E-state index in [4.69, 9.17) is 0 Å². The molecule has 1 amide bonds. The van der Waals surface area contributed by atoms with Crippen LogP contribution < -0.4 is 0 Å². The average Bonchev–Trinajstić information content (AvgIpc) is 3.14. The first-order chi connectivity index (χ1) is 12.6. The van der Waals surface area contributed by atoms with Crippen molar-refractivity contribution in [2.75, 3.05) is 26.2 Å². The second kappa shape index (κ2) is 7.40. The van der Waals surface area contributed by atoms with Crippen LogP contribution in [0.15, 0.2) is 42.0 Å². The summed E-state index contributed by atoms with van der Waals surface area (Å²) in [4.78, 5) is 14.8. The van der Waals surface area contributed by atoms with Gasteiger partial charge in [0.2, 0.25) is 15.9 Å². The first kappa shape index (κ1) is 20.1. The van der Waals surface area contributed by atoms with Crippen molar-refractivity contribution in [3.63, 3.8) is 0 Å². The third-order valence-corrected chi connectivity index (χ3v) is 7.68. The Hall–Kier alpha value is -1.66. The van der Waals surface area contributed by atoms with Crippen LogP contribution in [0, 0.1) is 17.3 Å². The first-order valence-corrected chi connectivity index (χ1v) is 11.2. The van der Waals surface area contributed by atoms with Crippen LogP contribution in [0.2, 0.25) is 0 Å². The van der Waals surface area contributed by atoms with Gasteiger partial charge in [-0.25, -0.2) is 8.42 Å². The van der Waals surface area contributed by atoms with Gasteiger partial charge < -0.3 is 4.90 Å². The number of hydrogen-bond acceptors (Lipinski definition) is 3. The first-order valence-electron chi connectivity index (χ1n) is 9.58. The summed E-state index contributed by atoms with van der Waals surface area (Å²) in [6.45, 7) is 10.1. The molecule has 2 atom stereocenters. The largest absolute Gasteiger partial charge is 0.340 e. The van der Waals surface area contributed by atoms with Gasteiger partial charge in [0, 0.05) is 26.2 Å². The summed E-state index contributed by atoms with van der Waals surface area (Å²) in [5, 5.41) is 0. The lowest BCUT2D eigenvalue weighted by Gasteiger charge is -2.34. The lowest BCUT2D eigenvalue weighted by molar-refractivity contribution is -0.134. The molecule has 6 heteroatoms. The molecule has 5 nitrogen and oxygen atoms in total. The fourth-order valence-electron chi connectivity index (χ4n) is 4.08. The molecule has 0 unspecified atom stereocenters. The second-order valence-electron chi connectivity index (χ2n) is 8.53. The molecule has 1 saturated heterocycles. The Balaban J connectivity index is 1.59. The molecule has 0 bridgehead atoms. The van der Waals surface area contributed by atoms with Crippen LogP contribution in [0.5, 0.6) is 0 Å². The van der Waals surface area contributed by atoms with Crippen molar-refractivity contribution in [3.8, 4) is 0 Å². The van der Waals surface area contributed by atoms with Crippen LogP contribution in [-0.4, -0.2) is 49.7 Å². The van der Waals surface area contributed by atoms with Crippen molar-refractivity contribution < 1.29 is 13.2 Å². The SMILES string of the molecule is CC(C)=C[C@H]1[C@H](C(=O)N2CCN(S(=O)(=O)Cc3ccccc3)CC2)C1(C)C. The van der Waals surface area contributed by atoms with Crippen LogP contribution in [0.1, 0.15) is 33.3 Å². The molecule has 2 aliphatic rings. The zero-order chi connectivity index (χ0) is 19.8. The highest BCUT2D eigenvalue weighted by Gasteiger charge is 2.61. The molecule has 1 aliphatic carbocycles. The molecule has 1 heterocycles. The maximum atomic E-state index is 12.9. The van der Waals surface area contributed by atoms with E-state index in [1.54, 1.807) is 0 Å². The third-order valence-electron chi connectivity index (χ3n) is 5.83. The highest BCUT2D eigenvalue weighted by Crippen LogP contribution is 2.60.